The van der Waals surface area contributed by atoms with Gasteiger partial charge in [0.15, 0.2) is 0 Å². The molecule has 0 atom stereocenters. The molecule has 2 N–H and O–H groups in total. The van der Waals surface area contributed by atoms with Gasteiger partial charge in [-0.05, 0) is 24.6 Å². The summed E-state index contributed by atoms with van der Waals surface area (Å²) < 4.78 is 26.8. The van der Waals surface area contributed by atoms with Crippen LogP contribution in [0.3, 0.4) is 0 Å². The smallest absolute Gasteiger partial charge is 0.337 e. The number of nitrogens with one attached hydrogen (secondary N) is 1. The fourth-order valence-electron chi connectivity index (χ4n) is 1.55. The average Bonchev–Trinajstić information content (AvgIpc) is 2.88. The highest BCUT2D eigenvalue weighted by Gasteiger charge is 2.20. The molecule has 0 unspecified atom stereocenters. The molecule has 0 bridgehead atoms. The van der Waals surface area contributed by atoms with E-state index in [1.165, 1.54) is 24.5 Å². The van der Waals surface area contributed by atoms with Crippen LogP contribution in [0.1, 0.15) is 22.2 Å². The molecule has 0 aliphatic rings. The number of hydrogen-bond acceptors (Lipinski definition) is 5. The third-order valence-electron chi connectivity index (χ3n) is 2.55. The van der Waals surface area contributed by atoms with Gasteiger partial charge in [-0.3, -0.25) is 9.71 Å². The Morgan fingerprint density at radius 1 is 1.40 bits per heavy atom. The molecule has 0 aromatic carbocycles. The molecule has 2 rings (SSSR count). The molecule has 0 amide bonds. The van der Waals surface area contributed by atoms with Gasteiger partial charge >= 0.3 is 5.97 Å². The number of hydrogen-bond donors (Lipinski definition) is 2. The Hall–Kier alpha value is -1.93. The SMILES string of the molecule is CCc1ccc(S(=O)(=O)Nc2cnccc2C(=O)O)s1. The van der Waals surface area contributed by atoms with Crippen molar-refractivity contribution in [2.24, 2.45) is 0 Å². The number of nitrogens with zero attached hydrogens (tertiary/aromatic N) is 1. The molecule has 2 aromatic heterocycles. The van der Waals surface area contributed by atoms with Crippen molar-refractivity contribution in [3.8, 4) is 0 Å². The number of carbonyl (C=O) groups is 1. The molecule has 0 saturated heterocycles. The van der Waals surface area contributed by atoms with Gasteiger partial charge < -0.3 is 5.11 Å². The number of anilines is 1. The zero-order chi connectivity index (χ0) is 14.8. The Morgan fingerprint density at radius 3 is 2.75 bits per heavy atom. The van der Waals surface area contributed by atoms with E-state index >= 15 is 0 Å². The molecule has 8 heteroatoms. The first-order valence-corrected chi connectivity index (χ1v) is 8.03. The largest absolute Gasteiger partial charge is 0.478 e. The Morgan fingerprint density at radius 2 is 2.15 bits per heavy atom. The summed E-state index contributed by atoms with van der Waals surface area (Å²) in [6, 6.07) is 4.48. The lowest BCUT2D eigenvalue weighted by Crippen LogP contribution is -2.14. The van der Waals surface area contributed by atoms with Gasteiger partial charge in [0.2, 0.25) is 0 Å². The predicted octanol–water partition coefficient (Wildman–Crippen LogP) is 2.20. The van der Waals surface area contributed by atoms with E-state index in [1.807, 2.05) is 6.92 Å². The summed E-state index contributed by atoms with van der Waals surface area (Å²) >= 11 is 1.16. The van der Waals surface area contributed by atoms with Gasteiger partial charge in [0.25, 0.3) is 10.0 Å². The number of carboxylic acids is 1. The molecule has 0 radical (unpaired) electrons. The first-order valence-electron chi connectivity index (χ1n) is 5.73. The van der Waals surface area contributed by atoms with Gasteiger partial charge in [-0.1, -0.05) is 6.92 Å². The number of rotatable bonds is 5. The minimum atomic E-state index is -3.79. The quantitative estimate of drug-likeness (QED) is 0.882. The van der Waals surface area contributed by atoms with E-state index in [0.717, 1.165) is 22.6 Å². The van der Waals surface area contributed by atoms with E-state index < -0.39 is 16.0 Å². The Balaban J connectivity index is 2.36. The molecule has 0 aliphatic carbocycles. The van der Waals surface area contributed by atoms with Crippen LogP contribution in [0, 0.1) is 0 Å². The topological polar surface area (TPSA) is 96.4 Å². The summed E-state index contributed by atoms with van der Waals surface area (Å²) in [5.74, 6) is -1.22. The van der Waals surface area contributed by atoms with Crippen molar-refractivity contribution in [1.82, 2.24) is 4.98 Å². The lowest BCUT2D eigenvalue weighted by molar-refractivity contribution is 0.0698. The molecule has 6 nitrogen and oxygen atoms in total. The predicted molar refractivity (Wildman–Crippen MR) is 75.7 cm³/mol. The molecule has 106 valence electrons. The number of carboxylic acid groups (broad SMARTS) is 1. The highest BCUT2D eigenvalue weighted by molar-refractivity contribution is 7.94. The van der Waals surface area contributed by atoms with Crippen LogP contribution in [0.5, 0.6) is 0 Å². The summed E-state index contributed by atoms with van der Waals surface area (Å²) in [5.41, 5.74) is -0.192. The maximum absolute atomic E-state index is 12.2. The van der Waals surface area contributed by atoms with E-state index in [9.17, 15) is 13.2 Å². The lowest BCUT2D eigenvalue weighted by Gasteiger charge is -2.08. The number of thiophene rings is 1. The molecule has 0 saturated carbocycles. The molecule has 0 aliphatic heterocycles. The number of aromatic carboxylic acids is 1. The fraction of sp³-hybridized carbons (Fsp3) is 0.167. The van der Waals surface area contributed by atoms with Crippen LogP contribution >= 0.6 is 11.3 Å². The van der Waals surface area contributed by atoms with E-state index in [4.69, 9.17) is 5.11 Å². The third-order valence-corrected chi connectivity index (χ3v) is 5.63. The number of pyridine rings is 1. The summed E-state index contributed by atoms with van der Waals surface area (Å²) in [4.78, 5) is 15.7. The second-order valence-corrected chi connectivity index (χ2v) is 6.98. The maximum Gasteiger partial charge on any atom is 0.337 e. The summed E-state index contributed by atoms with van der Waals surface area (Å²) in [7, 11) is -3.79. The second kappa shape index (κ2) is 5.59. The van der Waals surface area contributed by atoms with E-state index in [-0.39, 0.29) is 15.5 Å². The second-order valence-electron chi connectivity index (χ2n) is 3.91. The standard InChI is InChI=1S/C12H12N2O4S2/c1-2-8-3-4-11(19-8)20(17,18)14-10-7-13-6-5-9(10)12(15)16/h3-7,14H,2H2,1H3,(H,15,16). The van der Waals surface area contributed by atoms with Gasteiger partial charge in [0.05, 0.1) is 17.4 Å². The van der Waals surface area contributed by atoms with Crippen LogP contribution in [0.4, 0.5) is 5.69 Å². The van der Waals surface area contributed by atoms with Gasteiger partial charge in [-0.15, -0.1) is 11.3 Å². The lowest BCUT2D eigenvalue weighted by atomic mass is 10.2. The van der Waals surface area contributed by atoms with Gasteiger partial charge in [0, 0.05) is 11.1 Å². The van der Waals surface area contributed by atoms with Crippen LogP contribution in [-0.2, 0) is 16.4 Å². The Labute approximate surface area is 120 Å². The van der Waals surface area contributed by atoms with Crippen LogP contribution in [0.25, 0.3) is 0 Å². The Kier molecular flexibility index (Phi) is 4.05. The highest BCUT2D eigenvalue weighted by atomic mass is 32.2. The minimum absolute atomic E-state index is 0.0496. The normalized spacial score (nSPS) is 11.2. The van der Waals surface area contributed by atoms with Gasteiger partial charge in [-0.25, -0.2) is 13.2 Å². The zero-order valence-corrected chi connectivity index (χ0v) is 12.2. The van der Waals surface area contributed by atoms with Crippen molar-refractivity contribution in [1.29, 1.82) is 0 Å². The molecule has 20 heavy (non-hydrogen) atoms. The molecule has 0 spiro atoms. The van der Waals surface area contributed by atoms with E-state index in [0.29, 0.717) is 0 Å². The van der Waals surface area contributed by atoms with Crippen LogP contribution in [-0.4, -0.2) is 24.5 Å². The van der Waals surface area contributed by atoms with Crippen LogP contribution in [0.15, 0.2) is 34.8 Å². The van der Waals surface area contributed by atoms with E-state index in [2.05, 4.69) is 9.71 Å². The van der Waals surface area contributed by atoms with Crippen molar-refractivity contribution in [2.75, 3.05) is 4.72 Å². The maximum atomic E-state index is 12.2. The third kappa shape index (κ3) is 2.97. The first-order chi connectivity index (χ1) is 9.44. The monoisotopic (exact) mass is 312 g/mol. The van der Waals surface area contributed by atoms with Crippen LogP contribution < -0.4 is 4.72 Å². The van der Waals surface area contributed by atoms with Gasteiger partial charge in [-0.2, -0.15) is 0 Å². The van der Waals surface area contributed by atoms with Crippen molar-refractivity contribution >= 4 is 33.0 Å². The molecular weight excluding hydrogens is 300 g/mol. The van der Waals surface area contributed by atoms with Crippen LogP contribution in [0.2, 0.25) is 0 Å². The van der Waals surface area contributed by atoms with Crippen molar-refractivity contribution < 1.29 is 18.3 Å². The van der Waals surface area contributed by atoms with Crippen molar-refractivity contribution in [3.05, 3.63) is 41.0 Å². The summed E-state index contributed by atoms with van der Waals surface area (Å²) in [5, 5.41) is 9.02. The molecule has 2 aromatic rings. The van der Waals surface area contributed by atoms with E-state index in [1.54, 1.807) is 6.07 Å². The average molecular weight is 312 g/mol. The van der Waals surface area contributed by atoms with Crippen molar-refractivity contribution in [2.45, 2.75) is 17.6 Å². The number of aromatic nitrogens is 1. The zero-order valence-electron chi connectivity index (χ0n) is 10.5. The minimum Gasteiger partial charge on any atom is -0.478 e. The Bertz CT molecular complexity index is 737. The number of aryl methyl sites for hydroxylation is 1. The molecule has 2 heterocycles. The van der Waals surface area contributed by atoms with Gasteiger partial charge in [0.1, 0.15) is 4.21 Å². The summed E-state index contributed by atoms with van der Waals surface area (Å²) in [6.07, 6.45) is 3.21. The molecule has 0 fully saturated rings. The molecular formula is C12H12N2O4S2. The highest BCUT2D eigenvalue weighted by Crippen LogP contribution is 2.25. The number of sulfonamides is 1. The summed E-state index contributed by atoms with van der Waals surface area (Å²) in [6.45, 7) is 1.93. The first kappa shape index (κ1) is 14.5. The van der Waals surface area contributed by atoms with Crippen molar-refractivity contribution in [3.63, 3.8) is 0 Å². The fourth-order valence-corrected chi connectivity index (χ4v) is 3.91.